The van der Waals surface area contributed by atoms with Gasteiger partial charge in [0.15, 0.2) is 23.2 Å². The molecule has 0 spiro atoms. The Morgan fingerprint density at radius 2 is 2.04 bits per heavy atom. The third-order valence-corrected chi connectivity index (χ3v) is 4.04. The van der Waals surface area contributed by atoms with Gasteiger partial charge < -0.3 is 15.4 Å². The highest BCUT2D eigenvalue weighted by Gasteiger charge is 2.33. The first-order valence-electron chi connectivity index (χ1n) is 7.67. The molecule has 0 saturated heterocycles. The van der Waals surface area contributed by atoms with Gasteiger partial charge in [-0.2, -0.15) is 13.2 Å². The summed E-state index contributed by atoms with van der Waals surface area (Å²) in [6, 6.07) is 6.07. The quantitative estimate of drug-likeness (QED) is 0.451. The van der Waals surface area contributed by atoms with Crippen molar-refractivity contribution in [2.45, 2.75) is 25.7 Å². The number of nitrogens with zero attached hydrogens (tertiary/aromatic N) is 2. The van der Waals surface area contributed by atoms with E-state index in [1.54, 1.807) is 19.1 Å². The van der Waals surface area contributed by atoms with E-state index in [1.165, 1.54) is 19.2 Å². The highest BCUT2D eigenvalue weighted by Crippen LogP contribution is 2.29. The minimum atomic E-state index is -4.45. The number of aliphatic imine (C=N–C) groups is 1. The highest BCUT2D eigenvalue weighted by atomic mass is 32.1. The van der Waals surface area contributed by atoms with Crippen LogP contribution in [-0.4, -0.2) is 30.6 Å². The predicted molar refractivity (Wildman–Crippen MR) is 91.8 cm³/mol. The number of halogens is 4. The average molecular weight is 390 g/mol. The van der Waals surface area contributed by atoms with Gasteiger partial charge in [0.25, 0.3) is 0 Å². The number of hydrogen-bond acceptors (Lipinski definition) is 4. The van der Waals surface area contributed by atoms with Gasteiger partial charge in [-0.15, -0.1) is 11.3 Å². The van der Waals surface area contributed by atoms with E-state index in [0.29, 0.717) is 12.5 Å². The van der Waals surface area contributed by atoms with Crippen molar-refractivity contribution >= 4 is 17.3 Å². The van der Waals surface area contributed by atoms with Crippen LogP contribution in [0.25, 0.3) is 0 Å². The van der Waals surface area contributed by atoms with Crippen LogP contribution in [0.2, 0.25) is 0 Å². The first kappa shape index (κ1) is 20.0. The Balaban J connectivity index is 1.80. The van der Waals surface area contributed by atoms with Crippen LogP contribution in [-0.2, 0) is 12.7 Å². The maximum atomic E-state index is 13.5. The Hall–Kier alpha value is -2.36. The third-order valence-electron chi connectivity index (χ3n) is 3.19. The standard InChI is InChI=1S/C16H18F4N4OS/c1-10(25-12-6-4-3-5-11(12)17)7-22-15(21-2)23-8-14-24-13(9-26-14)16(18,19)20/h3-6,9-10H,7-8H2,1-2H3,(H2,21,22,23). The van der Waals surface area contributed by atoms with Crippen LogP contribution in [0.15, 0.2) is 34.6 Å². The highest BCUT2D eigenvalue weighted by molar-refractivity contribution is 7.09. The normalized spacial score (nSPS) is 13.4. The molecule has 2 aromatic rings. The zero-order valence-electron chi connectivity index (χ0n) is 14.1. The molecular weight excluding hydrogens is 372 g/mol. The molecule has 0 aliphatic heterocycles. The molecule has 0 bridgehead atoms. The van der Waals surface area contributed by atoms with E-state index >= 15 is 0 Å². The molecule has 5 nitrogen and oxygen atoms in total. The van der Waals surface area contributed by atoms with E-state index in [-0.39, 0.29) is 23.4 Å². The van der Waals surface area contributed by atoms with Gasteiger partial charge in [0, 0.05) is 12.4 Å². The van der Waals surface area contributed by atoms with E-state index in [2.05, 4.69) is 20.6 Å². The van der Waals surface area contributed by atoms with Crippen molar-refractivity contribution in [2.24, 2.45) is 4.99 Å². The summed E-state index contributed by atoms with van der Waals surface area (Å²) in [7, 11) is 1.53. The van der Waals surface area contributed by atoms with Crippen molar-refractivity contribution in [3.8, 4) is 5.75 Å². The summed E-state index contributed by atoms with van der Waals surface area (Å²) in [5.74, 6) is 0.0658. The minimum Gasteiger partial charge on any atom is -0.486 e. The van der Waals surface area contributed by atoms with Crippen molar-refractivity contribution in [1.82, 2.24) is 15.6 Å². The lowest BCUT2D eigenvalue weighted by Crippen LogP contribution is -2.41. The first-order chi connectivity index (χ1) is 12.3. The van der Waals surface area contributed by atoms with E-state index in [0.717, 1.165) is 16.7 Å². The number of para-hydroxylation sites is 1. The van der Waals surface area contributed by atoms with Crippen LogP contribution in [0.3, 0.4) is 0 Å². The van der Waals surface area contributed by atoms with Crippen LogP contribution >= 0.6 is 11.3 Å². The van der Waals surface area contributed by atoms with E-state index in [4.69, 9.17) is 4.74 Å². The average Bonchev–Trinajstić information content (AvgIpc) is 3.06. The van der Waals surface area contributed by atoms with Crippen LogP contribution in [0.4, 0.5) is 17.6 Å². The fourth-order valence-corrected chi connectivity index (χ4v) is 2.68. The van der Waals surface area contributed by atoms with Gasteiger partial charge in [0.1, 0.15) is 11.1 Å². The monoisotopic (exact) mass is 390 g/mol. The smallest absolute Gasteiger partial charge is 0.434 e. The zero-order valence-corrected chi connectivity index (χ0v) is 14.9. The van der Waals surface area contributed by atoms with Gasteiger partial charge in [-0.3, -0.25) is 4.99 Å². The molecule has 10 heteroatoms. The first-order valence-corrected chi connectivity index (χ1v) is 8.55. The van der Waals surface area contributed by atoms with Crippen LogP contribution in [0.5, 0.6) is 5.75 Å². The molecule has 0 aliphatic carbocycles. The SMILES string of the molecule is CN=C(NCc1nc(C(F)(F)F)cs1)NCC(C)Oc1ccccc1F. The largest absolute Gasteiger partial charge is 0.486 e. The van der Waals surface area contributed by atoms with E-state index in [9.17, 15) is 17.6 Å². The summed E-state index contributed by atoms with van der Waals surface area (Å²) in [5, 5.41) is 7.09. The molecule has 142 valence electrons. The van der Waals surface area contributed by atoms with Gasteiger partial charge in [-0.1, -0.05) is 12.1 Å². The van der Waals surface area contributed by atoms with Gasteiger partial charge >= 0.3 is 6.18 Å². The second-order valence-electron chi connectivity index (χ2n) is 5.29. The number of aromatic nitrogens is 1. The lowest BCUT2D eigenvalue weighted by molar-refractivity contribution is -0.140. The minimum absolute atomic E-state index is 0.100. The summed E-state index contributed by atoms with van der Waals surface area (Å²) in [6.07, 6.45) is -4.81. The molecular formula is C16H18F4N4OS. The molecule has 1 unspecified atom stereocenters. The summed E-state index contributed by atoms with van der Waals surface area (Å²) in [4.78, 5) is 7.51. The molecule has 1 aromatic heterocycles. The molecule has 2 rings (SSSR count). The summed E-state index contributed by atoms with van der Waals surface area (Å²) in [5.41, 5.74) is -0.908. The lowest BCUT2D eigenvalue weighted by Gasteiger charge is -2.17. The molecule has 26 heavy (non-hydrogen) atoms. The Kier molecular flexibility index (Phi) is 6.78. The third kappa shape index (κ3) is 5.87. The number of alkyl halides is 3. The van der Waals surface area contributed by atoms with Gasteiger partial charge in [-0.05, 0) is 19.1 Å². The van der Waals surface area contributed by atoms with Crippen molar-refractivity contribution in [2.75, 3.05) is 13.6 Å². The van der Waals surface area contributed by atoms with Crippen LogP contribution < -0.4 is 15.4 Å². The fourth-order valence-electron chi connectivity index (χ4n) is 1.94. The molecule has 0 radical (unpaired) electrons. The van der Waals surface area contributed by atoms with E-state index < -0.39 is 17.7 Å². The van der Waals surface area contributed by atoms with Crippen molar-refractivity contribution in [3.63, 3.8) is 0 Å². The maximum Gasteiger partial charge on any atom is 0.434 e. The number of hydrogen-bond donors (Lipinski definition) is 2. The summed E-state index contributed by atoms with van der Waals surface area (Å²) in [6.45, 7) is 2.17. The number of thiazole rings is 1. The molecule has 0 saturated carbocycles. The predicted octanol–water partition coefficient (Wildman–Crippen LogP) is 3.43. The molecule has 0 aliphatic rings. The van der Waals surface area contributed by atoms with Crippen molar-refractivity contribution in [3.05, 3.63) is 46.2 Å². The molecule has 0 amide bonds. The second kappa shape index (κ2) is 8.84. The molecule has 1 aromatic carbocycles. The number of benzene rings is 1. The zero-order chi connectivity index (χ0) is 19.2. The Labute approximate surface area is 152 Å². The molecule has 1 atom stereocenters. The van der Waals surface area contributed by atoms with Gasteiger partial charge in [0.05, 0.1) is 13.1 Å². The molecule has 0 fully saturated rings. The van der Waals surface area contributed by atoms with Crippen molar-refractivity contribution in [1.29, 1.82) is 0 Å². The number of guanidine groups is 1. The summed E-state index contributed by atoms with van der Waals surface area (Å²) < 4.78 is 56.6. The number of nitrogens with one attached hydrogen (secondary N) is 2. The number of ether oxygens (including phenoxy) is 1. The molecule has 1 heterocycles. The Morgan fingerprint density at radius 1 is 1.31 bits per heavy atom. The lowest BCUT2D eigenvalue weighted by atomic mass is 10.3. The van der Waals surface area contributed by atoms with Gasteiger partial charge in [-0.25, -0.2) is 9.37 Å². The Bertz CT molecular complexity index is 748. The maximum absolute atomic E-state index is 13.5. The summed E-state index contributed by atoms with van der Waals surface area (Å²) >= 11 is 0.914. The van der Waals surface area contributed by atoms with Crippen LogP contribution in [0.1, 0.15) is 17.6 Å². The van der Waals surface area contributed by atoms with Gasteiger partial charge in [0.2, 0.25) is 0 Å². The van der Waals surface area contributed by atoms with Crippen LogP contribution in [0, 0.1) is 5.82 Å². The topological polar surface area (TPSA) is 58.5 Å². The van der Waals surface area contributed by atoms with E-state index in [1.807, 2.05) is 0 Å². The molecule has 2 N–H and O–H groups in total. The number of rotatable bonds is 6. The second-order valence-corrected chi connectivity index (χ2v) is 6.23. The Morgan fingerprint density at radius 3 is 2.65 bits per heavy atom. The fraction of sp³-hybridized carbons (Fsp3) is 0.375. The van der Waals surface area contributed by atoms with Crippen molar-refractivity contribution < 1.29 is 22.3 Å².